The van der Waals surface area contributed by atoms with Crippen molar-refractivity contribution in [2.45, 2.75) is 32.8 Å². The molecule has 5 heteroatoms. The van der Waals surface area contributed by atoms with Crippen molar-refractivity contribution in [3.63, 3.8) is 0 Å². The Morgan fingerprint density at radius 2 is 2.13 bits per heavy atom. The van der Waals surface area contributed by atoms with Crippen LogP contribution in [0.15, 0.2) is 35.0 Å². The largest absolute Gasteiger partial charge is 0.464 e. The third kappa shape index (κ3) is 3.38. The number of halogens is 1. The summed E-state index contributed by atoms with van der Waals surface area (Å²) in [6.07, 6.45) is 4.15. The van der Waals surface area contributed by atoms with Crippen molar-refractivity contribution >= 4 is 22.6 Å². The van der Waals surface area contributed by atoms with Gasteiger partial charge in [0.25, 0.3) is 0 Å². The van der Waals surface area contributed by atoms with E-state index in [4.69, 9.17) is 9.15 Å². The second-order valence-corrected chi connectivity index (χ2v) is 6.71. The molecule has 0 aliphatic carbocycles. The van der Waals surface area contributed by atoms with Gasteiger partial charge in [-0.05, 0) is 44.9 Å². The minimum absolute atomic E-state index is 0.318. The number of hydrogen-bond acceptors (Lipinski definition) is 3. The van der Waals surface area contributed by atoms with Crippen LogP contribution in [0.2, 0.25) is 0 Å². The molecule has 4 nitrogen and oxygen atoms in total. The molecule has 122 valence electrons. The van der Waals surface area contributed by atoms with Crippen molar-refractivity contribution in [3.8, 4) is 0 Å². The lowest BCUT2D eigenvalue weighted by Crippen LogP contribution is -2.39. The normalized spacial score (nSPS) is 15.7. The Bertz CT molecular complexity index is 770. The van der Waals surface area contributed by atoms with E-state index in [1.165, 1.54) is 12.1 Å². The zero-order chi connectivity index (χ0) is 16.6. The highest BCUT2D eigenvalue weighted by molar-refractivity contribution is 5.92. The average molecular weight is 317 g/mol. The topological polar surface area (TPSA) is 42.7 Å². The van der Waals surface area contributed by atoms with E-state index in [9.17, 15) is 9.18 Å². The molecule has 3 rings (SSSR count). The molecule has 1 aliphatic heterocycles. The number of fused-ring (bicyclic) bond motifs is 1. The summed E-state index contributed by atoms with van der Waals surface area (Å²) in [5.74, 6) is -0.327. The third-order valence-corrected chi connectivity index (χ3v) is 3.69. The summed E-state index contributed by atoms with van der Waals surface area (Å²) in [4.78, 5) is 13.9. The molecule has 1 aromatic carbocycles. The summed E-state index contributed by atoms with van der Waals surface area (Å²) >= 11 is 0. The van der Waals surface area contributed by atoms with Gasteiger partial charge in [0, 0.05) is 30.1 Å². The van der Waals surface area contributed by atoms with E-state index >= 15 is 0 Å². The minimum Gasteiger partial charge on any atom is -0.464 e. The van der Waals surface area contributed by atoms with Gasteiger partial charge in [-0.15, -0.1) is 0 Å². The monoisotopic (exact) mass is 317 g/mol. The van der Waals surface area contributed by atoms with Gasteiger partial charge in [0.2, 0.25) is 0 Å². The molecule has 0 radical (unpaired) electrons. The first-order chi connectivity index (χ1) is 10.8. The van der Waals surface area contributed by atoms with Gasteiger partial charge >= 0.3 is 6.09 Å². The predicted octanol–water partition coefficient (Wildman–Crippen LogP) is 4.60. The van der Waals surface area contributed by atoms with Gasteiger partial charge in [0.1, 0.15) is 17.0 Å². The van der Waals surface area contributed by atoms with E-state index in [0.717, 1.165) is 22.9 Å². The van der Waals surface area contributed by atoms with Crippen LogP contribution in [0, 0.1) is 5.82 Å². The first-order valence-corrected chi connectivity index (χ1v) is 7.67. The van der Waals surface area contributed by atoms with Crippen molar-refractivity contribution in [1.82, 2.24) is 4.90 Å². The van der Waals surface area contributed by atoms with Crippen LogP contribution >= 0.6 is 0 Å². The number of carbonyl (C=O) groups excluding carboxylic acids is 1. The second-order valence-electron chi connectivity index (χ2n) is 6.71. The molecule has 2 aromatic rings. The van der Waals surface area contributed by atoms with E-state index in [-0.39, 0.29) is 11.9 Å². The number of rotatable bonds is 1. The highest BCUT2D eigenvalue weighted by Gasteiger charge is 2.25. The van der Waals surface area contributed by atoms with Crippen molar-refractivity contribution in [2.75, 3.05) is 13.1 Å². The van der Waals surface area contributed by atoms with Crippen LogP contribution in [0.4, 0.5) is 9.18 Å². The first kappa shape index (κ1) is 15.6. The molecule has 0 atom stereocenters. The summed E-state index contributed by atoms with van der Waals surface area (Å²) in [6, 6.07) is 4.49. The summed E-state index contributed by atoms with van der Waals surface area (Å²) in [5, 5.41) is 0.851. The van der Waals surface area contributed by atoms with Crippen LogP contribution < -0.4 is 0 Å². The zero-order valence-corrected chi connectivity index (χ0v) is 13.6. The number of nitrogens with zero attached hydrogens (tertiary/aromatic N) is 1. The SMILES string of the molecule is CC(C)(C)OC(=O)N1CCC=C(c2coc3cc(F)ccc23)C1. The maximum Gasteiger partial charge on any atom is 0.410 e. The van der Waals surface area contributed by atoms with Gasteiger partial charge in [0.15, 0.2) is 0 Å². The van der Waals surface area contributed by atoms with E-state index in [1.54, 1.807) is 17.2 Å². The summed E-state index contributed by atoms with van der Waals surface area (Å²) < 4.78 is 24.1. The van der Waals surface area contributed by atoms with Crippen molar-refractivity contribution in [1.29, 1.82) is 0 Å². The van der Waals surface area contributed by atoms with Crippen LogP contribution in [0.25, 0.3) is 16.5 Å². The van der Waals surface area contributed by atoms with Gasteiger partial charge in [-0.25, -0.2) is 9.18 Å². The molecular formula is C18H20FNO3. The fourth-order valence-electron chi connectivity index (χ4n) is 2.67. The quantitative estimate of drug-likeness (QED) is 0.772. The van der Waals surface area contributed by atoms with E-state index in [2.05, 4.69) is 6.08 Å². The Labute approximate surface area is 134 Å². The highest BCUT2D eigenvalue weighted by atomic mass is 19.1. The van der Waals surface area contributed by atoms with Gasteiger partial charge in [-0.2, -0.15) is 0 Å². The molecule has 0 bridgehead atoms. The molecule has 1 amide bonds. The molecule has 0 spiro atoms. The average Bonchev–Trinajstić information content (AvgIpc) is 2.88. The predicted molar refractivity (Wildman–Crippen MR) is 86.6 cm³/mol. The van der Waals surface area contributed by atoms with E-state index in [1.807, 2.05) is 20.8 Å². The lowest BCUT2D eigenvalue weighted by molar-refractivity contribution is 0.0273. The molecule has 1 aromatic heterocycles. The van der Waals surface area contributed by atoms with Crippen LogP contribution in [-0.2, 0) is 4.74 Å². The molecule has 1 aliphatic rings. The number of carbonyl (C=O) groups is 1. The van der Waals surface area contributed by atoms with Crippen LogP contribution in [0.5, 0.6) is 0 Å². The van der Waals surface area contributed by atoms with Crippen LogP contribution in [0.1, 0.15) is 32.8 Å². The first-order valence-electron chi connectivity index (χ1n) is 7.67. The van der Waals surface area contributed by atoms with Crippen molar-refractivity contribution < 1.29 is 18.3 Å². The Morgan fingerprint density at radius 1 is 1.35 bits per heavy atom. The summed E-state index contributed by atoms with van der Waals surface area (Å²) in [7, 11) is 0. The Kier molecular flexibility index (Phi) is 3.88. The fourth-order valence-corrected chi connectivity index (χ4v) is 2.67. The van der Waals surface area contributed by atoms with Crippen LogP contribution in [-0.4, -0.2) is 29.7 Å². The Balaban J connectivity index is 1.83. The molecule has 0 N–H and O–H groups in total. The Hall–Kier alpha value is -2.30. The fraction of sp³-hybridized carbons (Fsp3) is 0.389. The number of furan rings is 1. The second kappa shape index (κ2) is 5.72. The molecular weight excluding hydrogens is 297 g/mol. The van der Waals surface area contributed by atoms with Crippen molar-refractivity contribution in [2.24, 2.45) is 0 Å². The third-order valence-electron chi connectivity index (χ3n) is 3.69. The number of amides is 1. The summed E-state index contributed by atoms with van der Waals surface area (Å²) in [6.45, 7) is 6.64. The number of ether oxygens (including phenoxy) is 1. The summed E-state index contributed by atoms with van der Waals surface area (Å²) in [5.41, 5.74) is 1.88. The van der Waals surface area contributed by atoms with Gasteiger partial charge < -0.3 is 14.1 Å². The van der Waals surface area contributed by atoms with Crippen LogP contribution in [0.3, 0.4) is 0 Å². The van der Waals surface area contributed by atoms with Gasteiger partial charge in [0.05, 0.1) is 6.26 Å². The molecule has 2 heterocycles. The molecule has 0 fully saturated rings. The lowest BCUT2D eigenvalue weighted by Gasteiger charge is -2.30. The molecule has 0 saturated carbocycles. The molecule has 0 unspecified atom stereocenters. The smallest absolute Gasteiger partial charge is 0.410 e. The molecule has 23 heavy (non-hydrogen) atoms. The van der Waals surface area contributed by atoms with E-state index in [0.29, 0.717) is 18.7 Å². The van der Waals surface area contributed by atoms with E-state index < -0.39 is 5.60 Å². The van der Waals surface area contributed by atoms with Crippen molar-refractivity contribution in [3.05, 3.63) is 41.9 Å². The number of benzene rings is 1. The van der Waals surface area contributed by atoms with Gasteiger partial charge in [-0.1, -0.05) is 6.08 Å². The maximum atomic E-state index is 13.3. The molecule has 0 saturated heterocycles. The standard InChI is InChI=1S/C18H20FNO3/c1-18(2,3)23-17(21)20-8-4-5-12(10-20)15-11-22-16-9-13(19)6-7-14(15)16/h5-7,9,11H,4,8,10H2,1-3H3. The zero-order valence-electron chi connectivity index (χ0n) is 13.6. The van der Waals surface area contributed by atoms with Gasteiger partial charge in [-0.3, -0.25) is 0 Å². The highest BCUT2D eigenvalue weighted by Crippen LogP contribution is 2.30. The lowest BCUT2D eigenvalue weighted by atomic mass is 10.0. The maximum absolute atomic E-state index is 13.3. The minimum atomic E-state index is -0.516. The number of hydrogen-bond donors (Lipinski definition) is 0. The Morgan fingerprint density at radius 3 is 2.87 bits per heavy atom.